The largest absolute Gasteiger partial charge is 0.368 e. The lowest BCUT2D eigenvalue weighted by Crippen LogP contribution is -2.40. The van der Waals surface area contributed by atoms with Crippen molar-refractivity contribution in [3.63, 3.8) is 0 Å². The molecule has 0 saturated carbocycles. The van der Waals surface area contributed by atoms with Crippen LogP contribution in [0.1, 0.15) is 19.3 Å². The first-order chi connectivity index (χ1) is 7.25. The van der Waals surface area contributed by atoms with Crippen LogP contribution in [0.15, 0.2) is 0 Å². The predicted octanol–water partition coefficient (Wildman–Crippen LogP) is 0.283. The van der Waals surface area contributed by atoms with Crippen molar-refractivity contribution in [1.82, 2.24) is 20.1 Å². The lowest BCUT2D eigenvalue weighted by molar-refractivity contribution is 0.194. The molecule has 6 nitrogen and oxygen atoms in total. The van der Waals surface area contributed by atoms with E-state index >= 15 is 0 Å². The Bertz CT molecular complexity index is 309. The van der Waals surface area contributed by atoms with Crippen molar-refractivity contribution in [3.8, 4) is 0 Å². The van der Waals surface area contributed by atoms with E-state index in [4.69, 9.17) is 5.73 Å². The van der Waals surface area contributed by atoms with Crippen molar-refractivity contribution in [1.29, 1.82) is 0 Å². The van der Waals surface area contributed by atoms with Gasteiger partial charge in [-0.15, -0.1) is 5.10 Å². The Morgan fingerprint density at radius 1 is 1.60 bits per heavy atom. The Morgan fingerprint density at radius 3 is 3.13 bits per heavy atom. The van der Waals surface area contributed by atoms with Gasteiger partial charge in [0.05, 0.1) is 0 Å². The molecule has 1 aliphatic heterocycles. The number of rotatable bonds is 3. The topological polar surface area (TPSA) is 82.9 Å². The van der Waals surface area contributed by atoms with Crippen LogP contribution in [0.4, 0.5) is 11.9 Å². The summed E-state index contributed by atoms with van der Waals surface area (Å²) >= 11 is 0. The number of hydrogen-bond acceptors (Lipinski definition) is 5. The number of aromatic amines is 1. The Kier molecular flexibility index (Phi) is 3.05. The van der Waals surface area contributed by atoms with Gasteiger partial charge in [-0.2, -0.15) is 4.98 Å². The number of nitrogens with zero attached hydrogens (tertiary/aromatic N) is 3. The van der Waals surface area contributed by atoms with Crippen molar-refractivity contribution in [3.05, 3.63) is 0 Å². The van der Waals surface area contributed by atoms with Crippen LogP contribution in [-0.2, 0) is 0 Å². The van der Waals surface area contributed by atoms with E-state index in [1.54, 1.807) is 0 Å². The monoisotopic (exact) mass is 210 g/mol. The van der Waals surface area contributed by atoms with Crippen LogP contribution in [0, 0.1) is 0 Å². The van der Waals surface area contributed by atoms with E-state index in [0.29, 0.717) is 17.9 Å². The maximum Gasteiger partial charge on any atom is 0.243 e. The maximum absolute atomic E-state index is 5.44. The van der Waals surface area contributed by atoms with E-state index in [1.165, 1.54) is 25.8 Å². The maximum atomic E-state index is 5.44. The van der Waals surface area contributed by atoms with Crippen LogP contribution < -0.4 is 11.1 Å². The molecule has 1 aromatic rings. The lowest BCUT2D eigenvalue weighted by Gasteiger charge is -2.32. The highest BCUT2D eigenvalue weighted by Crippen LogP contribution is 2.15. The molecule has 84 valence electrons. The van der Waals surface area contributed by atoms with E-state index in [1.807, 2.05) is 0 Å². The molecule has 0 amide bonds. The molecular formula is C9H18N6. The molecule has 1 atom stereocenters. The number of likely N-dealkylation sites (tertiary alicyclic amines) is 1. The molecule has 1 aromatic heterocycles. The minimum absolute atomic E-state index is 0.356. The molecule has 0 aliphatic carbocycles. The first kappa shape index (κ1) is 10.2. The number of nitrogen functional groups attached to an aromatic ring is 1. The van der Waals surface area contributed by atoms with Gasteiger partial charge >= 0.3 is 0 Å². The summed E-state index contributed by atoms with van der Waals surface area (Å²) in [6, 6.07) is 0.582. The van der Waals surface area contributed by atoms with Crippen LogP contribution in [-0.4, -0.2) is 46.3 Å². The fourth-order valence-corrected chi connectivity index (χ4v) is 1.96. The smallest absolute Gasteiger partial charge is 0.243 e. The zero-order valence-corrected chi connectivity index (χ0v) is 9.03. The molecule has 1 fully saturated rings. The molecule has 2 heterocycles. The zero-order chi connectivity index (χ0) is 10.7. The van der Waals surface area contributed by atoms with E-state index in [-0.39, 0.29) is 0 Å². The number of likely N-dealkylation sites (N-methyl/N-ethyl adjacent to an activating group) is 1. The third-order valence-electron chi connectivity index (χ3n) is 2.92. The molecule has 15 heavy (non-hydrogen) atoms. The number of aromatic nitrogens is 3. The Balaban J connectivity index is 1.81. The molecule has 4 N–H and O–H groups in total. The minimum Gasteiger partial charge on any atom is -0.368 e. The number of nitrogens with two attached hydrogens (primary N) is 1. The van der Waals surface area contributed by atoms with Crippen LogP contribution in [0.3, 0.4) is 0 Å². The Labute approximate surface area is 89.2 Å². The first-order valence-electron chi connectivity index (χ1n) is 5.37. The van der Waals surface area contributed by atoms with Gasteiger partial charge in [0.2, 0.25) is 11.9 Å². The fraction of sp³-hybridized carbons (Fsp3) is 0.778. The van der Waals surface area contributed by atoms with Gasteiger partial charge < -0.3 is 16.0 Å². The summed E-state index contributed by atoms with van der Waals surface area (Å²) in [6.45, 7) is 2.07. The Hall–Kier alpha value is -1.30. The van der Waals surface area contributed by atoms with E-state index in [9.17, 15) is 0 Å². The molecule has 0 spiro atoms. The highest BCUT2D eigenvalue weighted by Gasteiger charge is 2.18. The third kappa shape index (κ3) is 2.59. The van der Waals surface area contributed by atoms with Gasteiger partial charge in [0.1, 0.15) is 0 Å². The number of nitrogens with one attached hydrogen (secondary N) is 2. The van der Waals surface area contributed by atoms with Crippen molar-refractivity contribution in [2.45, 2.75) is 25.3 Å². The summed E-state index contributed by atoms with van der Waals surface area (Å²) < 4.78 is 0. The normalized spacial score (nSPS) is 22.9. The average Bonchev–Trinajstić information content (AvgIpc) is 2.63. The van der Waals surface area contributed by atoms with Crippen molar-refractivity contribution >= 4 is 11.9 Å². The second-order valence-electron chi connectivity index (χ2n) is 4.06. The molecule has 6 heteroatoms. The average molecular weight is 210 g/mol. The predicted molar refractivity (Wildman–Crippen MR) is 59.6 cm³/mol. The summed E-state index contributed by atoms with van der Waals surface area (Å²) in [6.07, 6.45) is 3.86. The highest BCUT2D eigenvalue weighted by atomic mass is 15.3. The summed E-state index contributed by atoms with van der Waals surface area (Å²) in [7, 11) is 2.16. The van der Waals surface area contributed by atoms with Crippen LogP contribution in [0.5, 0.6) is 0 Å². The summed E-state index contributed by atoms with van der Waals surface area (Å²) in [5.74, 6) is 0.945. The molecule has 1 unspecified atom stereocenters. The van der Waals surface area contributed by atoms with Gasteiger partial charge in [-0.1, -0.05) is 6.42 Å². The van der Waals surface area contributed by atoms with Gasteiger partial charge in [0.15, 0.2) is 0 Å². The number of hydrogen-bond donors (Lipinski definition) is 3. The Morgan fingerprint density at radius 2 is 2.47 bits per heavy atom. The number of anilines is 2. The molecule has 0 aromatic carbocycles. The molecule has 2 rings (SSSR count). The van der Waals surface area contributed by atoms with Gasteiger partial charge in [0.25, 0.3) is 0 Å². The van der Waals surface area contributed by atoms with Gasteiger partial charge in [-0.3, -0.25) is 0 Å². The first-order valence-corrected chi connectivity index (χ1v) is 5.37. The highest BCUT2D eigenvalue weighted by molar-refractivity contribution is 5.29. The number of H-pyrrole nitrogens is 1. The zero-order valence-electron chi connectivity index (χ0n) is 9.03. The second kappa shape index (κ2) is 4.48. The standard InChI is InChI=1S/C9H18N6/c1-15-5-3-2-4-7(15)6-11-9-12-8(10)13-14-9/h7H,2-6H2,1H3,(H4,10,11,12,13,14). The molecule has 0 bridgehead atoms. The second-order valence-corrected chi connectivity index (χ2v) is 4.06. The summed E-state index contributed by atoms with van der Waals surface area (Å²) in [5.41, 5.74) is 5.44. The molecule has 1 aliphatic rings. The lowest BCUT2D eigenvalue weighted by atomic mass is 10.0. The SMILES string of the molecule is CN1CCCCC1CNc1n[nH]c(N)n1. The van der Waals surface area contributed by atoms with Crippen LogP contribution in [0.2, 0.25) is 0 Å². The molecule has 0 radical (unpaired) electrons. The van der Waals surface area contributed by atoms with Gasteiger partial charge in [-0.05, 0) is 26.4 Å². The molecule has 1 saturated heterocycles. The van der Waals surface area contributed by atoms with Crippen molar-refractivity contribution in [2.24, 2.45) is 0 Å². The summed E-state index contributed by atoms with van der Waals surface area (Å²) in [4.78, 5) is 6.38. The van der Waals surface area contributed by atoms with Gasteiger partial charge in [-0.25, -0.2) is 5.10 Å². The number of piperidine rings is 1. The summed E-state index contributed by atoms with van der Waals surface area (Å²) in [5, 5.41) is 9.73. The van der Waals surface area contributed by atoms with E-state index in [0.717, 1.165) is 6.54 Å². The quantitative estimate of drug-likeness (QED) is 0.667. The third-order valence-corrected chi connectivity index (χ3v) is 2.92. The van der Waals surface area contributed by atoms with Crippen molar-refractivity contribution in [2.75, 3.05) is 31.2 Å². The minimum atomic E-state index is 0.356. The van der Waals surface area contributed by atoms with E-state index in [2.05, 4.69) is 32.4 Å². The van der Waals surface area contributed by atoms with E-state index < -0.39 is 0 Å². The van der Waals surface area contributed by atoms with Crippen LogP contribution >= 0.6 is 0 Å². The van der Waals surface area contributed by atoms with Crippen molar-refractivity contribution < 1.29 is 0 Å². The van der Waals surface area contributed by atoms with Crippen LogP contribution in [0.25, 0.3) is 0 Å². The molecular weight excluding hydrogens is 192 g/mol. The van der Waals surface area contributed by atoms with Gasteiger partial charge in [0, 0.05) is 12.6 Å². The fourth-order valence-electron chi connectivity index (χ4n) is 1.96.